The fourth-order valence-corrected chi connectivity index (χ4v) is 1.64. The largest absolute Gasteiger partial charge is 0.459 e. The van der Waals surface area contributed by atoms with Gasteiger partial charge in [-0.1, -0.05) is 0 Å². The second-order valence-electron chi connectivity index (χ2n) is 4.70. The first-order chi connectivity index (χ1) is 9.54. The number of nitrogens with one attached hydrogen (secondary N) is 1. The van der Waals surface area contributed by atoms with Crippen LogP contribution in [0.4, 0.5) is 11.5 Å². The molecule has 0 aliphatic carbocycles. The smallest absolute Gasteiger partial charge is 0.338 e. The lowest BCUT2D eigenvalue weighted by molar-refractivity contribution is 0.0378. The number of aromatic nitrogens is 2. The first-order valence-corrected chi connectivity index (χ1v) is 6.41. The summed E-state index contributed by atoms with van der Waals surface area (Å²) in [6.07, 6.45) is 1.38. The summed E-state index contributed by atoms with van der Waals surface area (Å²) in [6.45, 7) is 5.55. The van der Waals surface area contributed by atoms with Crippen LogP contribution >= 0.6 is 12.4 Å². The molecule has 1 heterocycles. The van der Waals surface area contributed by atoms with Crippen molar-refractivity contribution >= 4 is 29.9 Å². The zero-order chi connectivity index (χ0) is 14.5. The van der Waals surface area contributed by atoms with E-state index in [1.807, 2.05) is 39.0 Å². The van der Waals surface area contributed by atoms with E-state index in [-0.39, 0.29) is 24.5 Å². The zero-order valence-electron chi connectivity index (χ0n) is 12.2. The van der Waals surface area contributed by atoms with Gasteiger partial charge in [0.05, 0.1) is 11.7 Å². The summed E-state index contributed by atoms with van der Waals surface area (Å²) in [4.78, 5) is 19.9. The maximum Gasteiger partial charge on any atom is 0.338 e. The van der Waals surface area contributed by atoms with Crippen LogP contribution in [0.1, 0.15) is 29.9 Å². The molecule has 0 saturated carbocycles. The molecule has 0 atom stereocenters. The maximum atomic E-state index is 11.7. The van der Waals surface area contributed by atoms with Crippen molar-refractivity contribution < 1.29 is 9.53 Å². The number of carbonyl (C=O) groups is 1. The average molecular weight is 308 g/mol. The maximum absolute atomic E-state index is 11.7. The normalized spacial score (nSPS) is 9.90. The van der Waals surface area contributed by atoms with Gasteiger partial charge in [-0.15, -0.1) is 12.4 Å². The summed E-state index contributed by atoms with van der Waals surface area (Å²) in [5.41, 5.74) is 2.27. The molecular weight excluding hydrogens is 290 g/mol. The molecule has 0 fully saturated rings. The number of ether oxygens (including phenoxy) is 1. The number of hydrogen-bond acceptors (Lipinski definition) is 5. The predicted molar refractivity (Wildman–Crippen MR) is 84.3 cm³/mol. The Morgan fingerprint density at radius 2 is 1.86 bits per heavy atom. The third kappa shape index (κ3) is 5.04. The lowest BCUT2D eigenvalue weighted by Crippen LogP contribution is -2.11. The fourth-order valence-electron chi connectivity index (χ4n) is 1.64. The van der Waals surface area contributed by atoms with Crippen LogP contribution in [-0.2, 0) is 4.74 Å². The number of benzene rings is 1. The van der Waals surface area contributed by atoms with Gasteiger partial charge in [-0.2, -0.15) is 0 Å². The predicted octanol–water partition coefficient (Wildman–Crippen LogP) is 3.52. The SMILES string of the molecule is Cc1cc(Nc2ccc(C(=O)OC(C)C)cc2)ncn1.Cl. The van der Waals surface area contributed by atoms with Crippen molar-refractivity contribution in [2.75, 3.05) is 5.32 Å². The lowest BCUT2D eigenvalue weighted by Gasteiger charge is -2.09. The monoisotopic (exact) mass is 307 g/mol. The molecule has 112 valence electrons. The van der Waals surface area contributed by atoms with Crippen molar-refractivity contribution in [1.82, 2.24) is 9.97 Å². The Labute approximate surface area is 130 Å². The van der Waals surface area contributed by atoms with Gasteiger partial charge in [0.25, 0.3) is 0 Å². The van der Waals surface area contributed by atoms with Crippen molar-refractivity contribution in [1.29, 1.82) is 0 Å². The van der Waals surface area contributed by atoms with E-state index in [1.54, 1.807) is 12.1 Å². The third-order valence-electron chi connectivity index (χ3n) is 2.54. The van der Waals surface area contributed by atoms with Crippen molar-refractivity contribution in [3.8, 4) is 0 Å². The Hall–Kier alpha value is -2.14. The van der Waals surface area contributed by atoms with Gasteiger partial charge in [-0.05, 0) is 45.0 Å². The summed E-state index contributed by atoms with van der Waals surface area (Å²) in [5, 5.41) is 3.15. The summed E-state index contributed by atoms with van der Waals surface area (Å²) < 4.78 is 5.13. The Balaban J connectivity index is 0.00000220. The van der Waals surface area contributed by atoms with Crippen LogP contribution < -0.4 is 5.32 Å². The first kappa shape index (κ1) is 16.9. The molecule has 0 spiro atoms. The Kier molecular flexibility index (Phi) is 6.11. The number of rotatable bonds is 4. The molecule has 2 rings (SSSR count). The molecule has 0 amide bonds. The minimum absolute atomic E-state index is 0. The molecule has 1 aromatic carbocycles. The minimum Gasteiger partial charge on any atom is -0.459 e. The van der Waals surface area contributed by atoms with Gasteiger partial charge in [-0.3, -0.25) is 0 Å². The topological polar surface area (TPSA) is 64.1 Å². The summed E-state index contributed by atoms with van der Waals surface area (Å²) in [5.74, 6) is 0.402. The molecule has 1 N–H and O–H groups in total. The van der Waals surface area contributed by atoms with Crippen LogP contribution in [0.3, 0.4) is 0 Å². The molecule has 0 saturated heterocycles. The van der Waals surface area contributed by atoms with Crippen LogP contribution in [-0.4, -0.2) is 22.0 Å². The number of nitrogens with zero attached hydrogens (tertiary/aromatic N) is 2. The number of halogens is 1. The molecule has 2 aromatic rings. The Morgan fingerprint density at radius 3 is 2.43 bits per heavy atom. The third-order valence-corrected chi connectivity index (χ3v) is 2.54. The highest BCUT2D eigenvalue weighted by atomic mass is 35.5. The highest BCUT2D eigenvalue weighted by Gasteiger charge is 2.08. The zero-order valence-corrected chi connectivity index (χ0v) is 13.0. The fraction of sp³-hybridized carbons (Fsp3) is 0.267. The molecule has 0 aliphatic rings. The van der Waals surface area contributed by atoms with E-state index in [1.165, 1.54) is 6.33 Å². The van der Waals surface area contributed by atoms with Crippen LogP contribution in [0.2, 0.25) is 0 Å². The van der Waals surface area contributed by atoms with E-state index >= 15 is 0 Å². The van der Waals surface area contributed by atoms with Gasteiger partial charge < -0.3 is 10.1 Å². The molecular formula is C15H18ClN3O2. The molecule has 0 bridgehead atoms. The minimum atomic E-state index is -0.315. The quantitative estimate of drug-likeness (QED) is 0.876. The van der Waals surface area contributed by atoms with Gasteiger partial charge in [0.1, 0.15) is 12.1 Å². The van der Waals surface area contributed by atoms with Gasteiger partial charge >= 0.3 is 5.97 Å². The van der Waals surface area contributed by atoms with E-state index in [0.717, 1.165) is 17.2 Å². The first-order valence-electron chi connectivity index (χ1n) is 6.41. The number of esters is 1. The number of anilines is 2. The van der Waals surface area contributed by atoms with Crippen molar-refractivity contribution in [3.63, 3.8) is 0 Å². The van der Waals surface area contributed by atoms with Crippen LogP contribution in [0.25, 0.3) is 0 Å². The van der Waals surface area contributed by atoms with Gasteiger partial charge in [0, 0.05) is 17.4 Å². The van der Waals surface area contributed by atoms with E-state index in [0.29, 0.717) is 5.56 Å². The molecule has 6 heteroatoms. The van der Waals surface area contributed by atoms with E-state index in [2.05, 4.69) is 15.3 Å². The molecule has 21 heavy (non-hydrogen) atoms. The summed E-state index contributed by atoms with van der Waals surface area (Å²) in [7, 11) is 0. The second-order valence-corrected chi connectivity index (χ2v) is 4.70. The van der Waals surface area contributed by atoms with Crippen molar-refractivity contribution in [2.24, 2.45) is 0 Å². The van der Waals surface area contributed by atoms with Gasteiger partial charge in [-0.25, -0.2) is 14.8 Å². The molecule has 1 aromatic heterocycles. The molecule has 0 unspecified atom stereocenters. The second kappa shape index (κ2) is 7.59. The highest BCUT2D eigenvalue weighted by Crippen LogP contribution is 2.16. The lowest BCUT2D eigenvalue weighted by atomic mass is 10.2. The van der Waals surface area contributed by atoms with Crippen LogP contribution in [0, 0.1) is 6.92 Å². The highest BCUT2D eigenvalue weighted by molar-refractivity contribution is 5.90. The standard InChI is InChI=1S/C15H17N3O2.ClH/c1-10(2)20-15(19)12-4-6-13(7-5-12)18-14-8-11(3)16-9-17-14;/h4-10H,1-3H3,(H,16,17,18);1H. The average Bonchev–Trinajstić information content (AvgIpc) is 2.38. The van der Waals surface area contributed by atoms with E-state index in [9.17, 15) is 4.79 Å². The van der Waals surface area contributed by atoms with E-state index < -0.39 is 0 Å². The summed E-state index contributed by atoms with van der Waals surface area (Å²) >= 11 is 0. The molecule has 5 nitrogen and oxygen atoms in total. The Bertz CT molecular complexity index is 600. The number of hydrogen-bond donors (Lipinski definition) is 1. The van der Waals surface area contributed by atoms with Crippen LogP contribution in [0.5, 0.6) is 0 Å². The van der Waals surface area contributed by atoms with Gasteiger partial charge in [0.2, 0.25) is 0 Å². The van der Waals surface area contributed by atoms with E-state index in [4.69, 9.17) is 4.74 Å². The molecule has 0 aliphatic heterocycles. The van der Waals surface area contributed by atoms with Gasteiger partial charge in [0.15, 0.2) is 0 Å². The number of carbonyl (C=O) groups excluding carboxylic acids is 1. The van der Waals surface area contributed by atoms with Crippen molar-refractivity contribution in [2.45, 2.75) is 26.9 Å². The molecule has 0 radical (unpaired) electrons. The summed E-state index contributed by atoms with van der Waals surface area (Å²) in [6, 6.07) is 8.92. The van der Waals surface area contributed by atoms with Crippen molar-refractivity contribution in [3.05, 3.63) is 47.9 Å². The number of aryl methyl sites for hydroxylation is 1. The van der Waals surface area contributed by atoms with Crippen LogP contribution in [0.15, 0.2) is 36.7 Å². The Morgan fingerprint density at radius 1 is 1.19 bits per heavy atom.